The number of nitrogens with zero attached hydrogens (tertiary/aromatic N) is 1. The van der Waals surface area contributed by atoms with Crippen LogP contribution in [-0.2, 0) is 9.53 Å². The van der Waals surface area contributed by atoms with Crippen LogP contribution in [0.4, 0.5) is 0 Å². The van der Waals surface area contributed by atoms with Crippen LogP contribution in [0.25, 0.3) is 0 Å². The maximum Gasteiger partial charge on any atom is 0.329 e. The molecule has 0 aromatic carbocycles. The number of hydrogen-bond acceptors (Lipinski definition) is 5. The lowest BCUT2D eigenvalue weighted by atomic mass is 10.3. The summed E-state index contributed by atoms with van der Waals surface area (Å²) in [5, 5.41) is 12.9. The van der Waals surface area contributed by atoms with Crippen molar-refractivity contribution in [3.05, 3.63) is 0 Å². The van der Waals surface area contributed by atoms with Crippen molar-refractivity contribution in [3.63, 3.8) is 0 Å². The van der Waals surface area contributed by atoms with E-state index in [9.17, 15) is 4.79 Å². The van der Waals surface area contributed by atoms with Crippen LogP contribution in [0.1, 0.15) is 0 Å². The van der Waals surface area contributed by atoms with E-state index in [2.05, 4.69) is 10.3 Å². The molecule has 2 aliphatic rings. The molecule has 0 aromatic rings. The molecule has 0 spiro atoms. The Labute approximate surface area is 85.9 Å². The summed E-state index contributed by atoms with van der Waals surface area (Å²) in [4.78, 5) is 14.8. The second kappa shape index (κ2) is 4.29. The van der Waals surface area contributed by atoms with Crippen molar-refractivity contribution < 1.29 is 14.6 Å². The predicted octanol–water partition coefficient (Wildman–Crippen LogP) is -0.427. The number of carboxylic acid groups (broad SMARTS) is 1. The average Bonchev–Trinajstić information content (AvgIpc) is 2.68. The lowest BCUT2D eigenvalue weighted by Crippen LogP contribution is -2.45. The molecule has 5 nitrogen and oxygen atoms in total. The van der Waals surface area contributed by atoms with E-state index in [1.807, 2.05) is 0 Å². The second-order valence-electron chi connectivity index (χ2n) is 3.21. The van der Waals surface area contributed by atoms with Gasteiger partial charge in [-0.2, -0.15) is 0 Å². The molecule has 0 radical (unpaired) electrons. The molecule has 2 rings (SSSR count). The Morgan fingerprint density at radius 1 is 1.71 bits per heavy atom. The van der Waals surface area contributed by atoms with Crippen molar-refractivity contribution in [2.45, 2.75) is 12.1 Å². The van der Waals surface area contributed by atoms with Gasteiger partial charge in [-0.25, -0.2) is 4.79 Å². The summed E-state index contributed by atoms with van der Waals surface area (Å²) in [6.07, 6.45) is 0. The van der Waals surface area contributed by atoms with E-state index in [4.69, 9.17) is 9.84 Å². The Morgan fingerprint density at radius 3 is 3.14 bits per heavy atom. The number of carboxylic acids is 1. The smallest absolute Gasteiger partial charge is 0.329 e. The highest BCUT2D eigenvalue weighted by molar-refractivity contribution is 8.14. The van der Waals surface area contributed by atoms with Crippen LogP contribution in [0.3, 0.4) is 0 Å². The Hall–Kier alpha value is -0.590. The molecule has 2 aliphatic heterocycles. The third kappa shape index (κ3) is 2.08. The Balaban J connectivity index is 1.97. The molecule has 1 saturated heterocycles. The van der Waals surface area contributed by atoms with Gasteiger partial charge in [0, 0.05) is 12.3 Å². The van der Waals surface area contributed by atoms with Gasteiger partial charge < -0.3 is 15.2 Å². The van der Waals surface area contributed by atoms with Crippen LogP contribution in [-0.4, -0.2) is 53.7 Å². The van der Waals surface area contributed by atoms with E-state index in [-0.39, 0.29) is 6.04 Å². The summed E-state index contributed by atoms with van der Waals surface area (Å²) >= 11 is 1.51. The zero-order chi connectivity index (χ0) is 9.97. The highest BCUT2D eigenvalue weighted by Crippen LogP contribution is 2.21. The molecule has 14 heavy (non-hydrogen) atoms. The van der Waals surface area contributed by atoms with Gasteiger partial charge in [-0.1, -0.05) is 0 Å². The molecular weight excluding hydrogens is 204 g/mol. The van der Waals surface area contributed by atoms with Gasteiger partial charge in [0.1, 0.15) is 0 Å². The number of nitrogens with one attached hydrogen (secondary N) is 1. The fourth-order valence-electron chi connectivity index (χ4n) is 1.43. The van der Waals surface area contributed by atoms with Crippen LogP contribution in [0, 0.1) is 0 Å². The second-order valence-corrected chi connectivity index (χ2v) is 4.25. The molecule has 0 saturated carbocycles. The molecule has 6 heteroatoms. The van der Waals surface area contributed by atoms with Gasteiger partial charge >= 0.3 is 5.97 Å². The number of thioether (sulfide) groups is 1. The molecule has 78 valence electrons. The molecule has 2 heterocycles. The van der Waals surface area contributed by atoms with Crippen molar-refractivity contribution in [2.75, 3.05) is 25.5 Å². The fraction of sp³-hybridized carbons (Fsp3) is 0.750. The van der Waals surface area contributed by atoms with Crippen LogP contribution < -0.4 is 5.32 Å². The summed E-state index contributed by atoms with van der Waals surface area (Å²) in [6, 6.07) is -0.475. The van der Waals surface area contributed by atoms with Crippen LogP contribution in [0.5, 0.6) is 0 Å². The summed E-state index contributed by atoms with van der Waals surface area (Å²) in [7, 11) is 0. The molecule has 2 unspecified atom stereocenters. The van der Waals surface area contributed by atoms with E-state index in [1.54, 1.807) is 0 Å². The number of aliphatic imine (C=N–C) groups is 1. The summed E-state index contributed by atoms with van der Waals surface area (Å²) < 4.78 is 5.29. The van der Waals surface area contributed by atoms with Crippen molar-refractivity contribution in [1.29, 1.82) is 0 Å². The minimum absolute atomic E-state index is 0.0955. The molecule has 0 bridgehead atoms. The van der Waals surface area contributed by atoms with Crippen molar-refractivity contribution in [3.8, 4) is 0 Å². The van der Waals surface area contributed by atoms with Gasteiger partial charge in [-0.15, -0.1) is 11.8 Å². The monoisotopic (exact) mass is 216 g/mol. The van der Waals surface area contributed by atoms with Gasteiger partial charge in [-0.05, 0) is 0 Å². The Morgan fingerprint density at radius 2 is 2.57 bits per heavy atom. The first-order chi connectivity index (χ1) is 6.77. The normalized spacial score (nSPS) is 32.7. The van der Waals surface area contributed by atoms with Gasteiger partial charge in [0.25, 0.3) is 0 Å². The third-order valence-electron chi connectivity index (χ3n) is 2.18. The van der Waals surface area contributed by atoms with E-state index in [0.717, 1.165) is 18.2 Å². The Kier molecular flexibility index (Phi) is 3.05. The predicted molar refractivity (Wildman–Crippen MR) is 53.9 cm³/mol. The standard InChI is InChI=1S/C8H12N2O3S/c11-8(12)6-4-14-7(10-6)5-3-13-2-1-9-5/h5-6,9H,1-4H2,(H,11,12). The van der Waals surface area contributed by atoms with Gasteiger partial charge in [0.2, 0.25) is 0 Å². The molecule has 0 amide bonds. The zero-order valence-electron chi connectivity index (χ0n) is 7.60. The van der Waals surface area contributed by atoms with E-state index >= 15 is 0 Å². The molecule has 2 N–H and O–H groups in total. The summed E-state index contributed by atoms with van der Waals surface area (Å²) in [6.45, 7) is 2.12. The first-order valence-electron chi connectivity index (χ1n) is 4.52. The number of carbonyl (C=O) groups is 1. The van der Waals surface area contributed by atoms with E-state index < -0.39 is 12.0 Å². The van der Waals surface area contributed by atoms with Crippen LogP contribution >= 0.6 is 11.8 Å². The molecule has 0 aromatic heterocycles. The van der Waals surface area contributed by atoms with Crippen molar-refractivity contribution in [1.82, 2.24) is 5.32 Å². The fourth-order valence-corrected chi connectivity index (χ4v) is 2.53. The molecule has 0 aliphatic carbocycles. The van der Waals surface area contributed by atoms with Crippen molar-refractivity contribution >= 4 is 22.8 Å². The summed E-state index contributed by atoms with van der Waals surface area (Å²) in [5.41, 5.74) is 0. The van der Waals surface area contributed by atoms with E-state index in [1.165, 1.54) is 11.8 Å². The van der Waals surface area contributed by atoms with Gasteiger partial charge in [-0.3, -0.25) is 4.99 Å². The molecular formula is C8H12N2O3S. The number of aliphatic carboxylic acids is 1. The molecule has 1 fully saturated rings. The minimum atomic E-state index is -0.843. The highest BCUT2D eigenvalue weighted by Gasteiger charge is 2.29. The topological polar surface area (TPSA) is 70.9 Å². The zero-order valence-corrected chi connectivity index (χ0v) is 8.42. The first kappa shape index (κ1) is 9.95. The van der Waals surface area contributed by atoms with E-state index in [0.29, 0.717) is 12.4 Å². The Bertz CT molecular complexity index is 263. The number of ether oxygens (including phenoxy) is 1. The highest BCUT2D eigenvalue weighted by atomic mass is 32.2. The minimum Gasteiger partial charge on any atom is -0.480 e. The largest absolute Gasteiger partial charge is 0.480 e. The van der Waals surface area contributed by atoms with Gasteiger partial charge in [0.05, 0.1) is 24.3 Å². The van der Waals surface area contributed by atoms with Crippen LogP contribution in [0.15, 0.2) is 4.99 Å². The average molecular weight is 216 g/mol. The SMILES string of the molecule is O=C(O)C1CSC(C2COCCN2)=N1. The quantitative estimate of drug-likeness (QED) is 0.655. The lowest BCUT2D eigenvalue weighted by Gasteiger charge is -2.23. The van der Waals surface area contributed by atoms with Crippen LogP contribution in [0.2, 0.25) is 0 Å². The third-order valence-corrected chi connectivity index (χ3v) is 3.35. The number of rotatable bonds is 2. The first-order valence-corrected chi connectivity index (χ1v) is 5.50. The molecule has 2 atom stereocenters. The maximum atomic E-state index is 10.7. The van der Waals surface area contributed by atoms with Gasteiger partial charge in [0.15, 0.2) is 6.04 Å². The maximum absolute atomic E-state index is 10.7. The lowest BCUT2D eigenvalue weighted by molar-refractivity contribution is -0.137. The number of morpholine rings is 1. The summed E-state index contributed by atoms with van der Waals surface area (Å²) in [5.74, 6) is -0.299. The number of hydrogen-bond donors (Lipinski definition) is 2. The van der Waals surface area contributed by atoms with Crippen molar-refractivity contribution in [2.24, 2.45) is 4.99 Å².